The molecular weight excluding hydrogens is 386 g/mol. The van der Waals surface area contributed by atoms with Crippen LogP contribution in [0.5, 0.6) is 0 Å². The van der Waals surface area contributed by atoms with Gasteiger partial charge in [-0.2, -0.15) is 0 Å². The van der Waals surface area contributed by atoms with Gasteiger partial charge in [-0.15, -0.1) is 21.5 Å². The van der Waals surface area contributed by atoms with Crippen LogP contribution in [0.2, 0.25) is 0 Å². The number of thioether (sulfide) groups is 1. The van der Waals surface area contributed by atoms with Crippen molar-refractivity contribution in [2.45, 2.75) is 38.2 Å². The van der Waals surface area contributed by atoms with Crippen LogP contribution in [-0.2, 0) is 4.74 Å². The number of hydrogen-bond donors (Lipinski definition) is 1. The van der Waals surface area contributed by atoms with E-state index in [0.29, 0.717) is 33.6 Å². The molecule has 142 valence electrons. The Morgan fingerprint density at radius 2 is 2.15 bits per heavy atom. The van der Waals surface area contributed by atoms with E-state index >= 15 is 0 Å². The number of nitrogens with one attached hydrogen (secondary N) is 1. The van der Waals surface area contributed by atoms with E-state index in [9.17, 15) is 9.59 Å². The highest BCUT2D eigenvalue weighted by molar-refractivity contribution is 8.00. The Morgan fingerprint density at radius 3 is 2.81 bits per heavy atom. The zero-order valence-electron chi connectivity index (χ0n) is 15.4. The fourth-order valence-corrected chi connectivity index (χ4v) is 4.06. The Bertz CT molecular complexity index is 960. The van der Waals surface area contributed by atoms with Gasteiger partial charge in [-0.1, -0.05) is 17.8 Å². The molecule has 3 aromatic rings. The number of aryl methyl sites for hydroxylation is 1. The number of thiophene rings is 1. The first-order valence-electron chi connectivity index (χ1n) is 8.36. The molecule has 0 aliphatic carbocycles. The minimum Gasteiger partial charge on any atom is -0.462 e. The molecule has 27 heavy (non-hydrogen) atoms. The molecule has 0 saturated carbocycles. The summed E-state index contributed by atoms with van der Waals surface area (Å²) in [4.78, 5) is 28.9. The number of aromatic nitrogens is 3. The van der Waals surface area contributed by atoms with Gasteiger partial charge in [-0.05, 0) is 44.7 Å². The summed E-state index contributed by atoms with van der Waals surface area (Å²) >= 11 is 2.69. The standard InChI is InChI=1S/C18H19N3O4S2/c1-5-24-17(23)13-9(2)14(19-10(13)3)15(22)11(4)27-18-21-20-16(25-18)12-7-6-8-26-12/h6-8,11,19H,5H2,1-4H3/t11-/m1/s1. The molecule has 0 spiro atoms. The maximum atomic E-state index is 12.9. The van der Waals surface area contributed by atoms with Crippen LogP contribution in [0.15, 0.2) is 27.2 Å². The predicted molar refractivity (Wildman–Crippen MR) is 103 cm³/mol. The van der Waals surface area contributed by atoms with Gasteiger partial charge in [0, 0.05) is 5.69 Å². The smallest absolute Gasteiger partial charge is 0.340 e. The number of ketones is 1. The van der Waals surface area contributed by atoms with Gasteiger partial charge in [0.1, 0.15) is 0 Å². The topological polar surface area (TPSA) is 98.1 Å². The fourth-order valence-electron chi connectivity index (χ4n) is 2.67. The quantitative estimate of drug-likeness (QED) is 0.356. The molecule has 9 heteroatoms. The van der Waals surface area contributed by atoms with E-state index in [-0.39, 0.29) is 12.4 Å². The highest BCUT2D eigenvalue weighted by Crippen LogP contribution is 2.30. The van der Waals surface area contributed by atoms with Gasteiger partial charge in [-0.3, -0.25) is 4.79 Å². The lowest BCUT2D eigenvalue weighted by atomic mass is 10.1. The summed E-state index contributed by atoms with van der Waals surface area (Å²) in [5.41, 5.74) is 2.01. The molecule has 0 fully saturated rings. The summed E-state index contributed by atoms with van der Waals surface area (Å²) in [5, 5.41) is 9.81. The molecule has 3 aromatic heterocycles. The first-order chi connectivity index (χ1) is 12.9. The molecule has 3 heterocycles. The predicted octanol–water partition coefficient (Wildman–Crippen LogP) is 4.28. The number of H-pyrrole nitrogens is 1. The maximum absolute atomic E-state index is 12.9. The van der Waals surface area contributed by atoms with Crippen LogP contribution in [0.3, 0.4) is 0 Å². The Labute approximate surface area is 164 Å². The Balaban J connectivity index is 1.76. The second-order valence-corrected chi connectivity index (χ2v) is 8.06. The van der Waals surface area contributed by atoms with Crippen molar-refractivity contribution in [1.29, 1.82) is 0 Å². The zero-order valence-corrected chi connectivity index (χ0v) is 17.0. The van der Waals surface area contributed by atoms with E-state index in [4.69, 9.17) is 9.15 Å². The van der Waals surface area contributed by atoms with Crippen molar-refractivity contribution < 1.29 is 18.7 Å². The summed E-state index contributed by atoms with van der Waals surface area (Å²) in [7, 11) is 0. The SMILES string of the molecule is CCOC(=O)c1c(C)[nH]c(C(=O)[C@@H](C)Sc2nnc(-c3cccs3)o2)c1C. The van der Waals surface area contributed by atoms with Gasteiger partial charge >= 0.3 is 5.97 Å². The molecular formula is C18H19N3O4S2. The molecule has 0 bridgehead atoms. The monoisotopic (exact) mass is 405 g/mol. The van der Waals surface area contributed by atoms with Crippen LogP contribution < -0.4 is 0 Å². The average Bonchev–Trinajstić information content (AvgIpc) is 3.35. The summed E-state index contributed by atoms with van der Waals surface area (Å²) in [6.45, 7) is 7.28. The molecule has 0 aromatic carbocycles. The molecule has 0 aliphatic heterocycles. The number of carbonyl (C=O) groups is 2. The molecule has 3 rings (SSSR count). The zero-order chi connectivity index (χ0) is 19.6. The third kappa shape index (κ3) is 3.98. The molecule has 7 nitrogen and oxygen atoms in total. The van der Waals surface area contributed by atoms with Crippen LogP contribution in [0.25, 0.3) is 10.8 Å². The van der Waals surface area contributed by atoms with Crippen molar-refractivity contribution in [3.63, 3.8) is 0 Å². The molecule has 0 saturated heterocycles. The number of aromatic amines is 1. The maximum Gasteiger partial charge on any atom is 0.340 e. The summed E-state index contributed by atoms with van der Waals surface area (Å²) in [5.74, 6) is -0.142. The van der Waals surface area contributed by atoms with Crippen molar-refractivity contribution in [3.05, 3.63) is 40.0 Å². The van der Waals surface area contributed by atoms with E-state index in [1.165, 1.54) is 23.1 Å². The van der Waals surface area contributed by atoms with Crippen molar-refractivity contribution in [2.24, 2.45) is 0 Å². The van der Waals surface area contributed by atoms with Crippen LogP contribution in [0.4, 0.5) is 0 Å². The van der Waals surface area contributed by atoms with E-state index in [2.05, 4.69) is 15.2 Å². The van der Waals surface area contributed by atoms with Gasteiger partial charge in [-0.25, -0.2) is 4.79 Å². The minimum atomic E-state index is -0.464. The van der Waals surface area contributed by atoms with Crippen LogP contribution >= 0.6 is 23.1 Å². The number of esters is 1. The largest absolute Gasteiger partial charge is 0.462 e. The molecule has 0 aliphatic rings. The number of carbonyl (C=O) groups excluding carboxylic acids is 2. The van der Waals surface area contributed by atoms with Crippen LogP contribution in [0, 0.1) is 13.8 Å². The summed E-state index contributed by atoms with van der Waals surface area (Å²) < 4.78 is 10.7. The lowest BCUT2D eigenvalue weighted by Gasteiger charge is -2.07. The van der Waals surface area contributed by atoms with Crippen LogP contribution in [0.1, 0.15) is 46.0 Å². The Hall–Kier alpha value is -2.39. The Kier molecular flexibility index (Phi) is 5.81. The number of hydrogen-bond acceptors (Lipinski definition) is 8. The molecule has 0 radical (unpaired) electrons. The second kappa shape index (κ2) is 8.10. The van der Waals surface area contributed by atoms with E-state index in [1.54, 1.807) is 27.7 Å². The van der Waals surface area contributed by atoms with Crippen molar-refractivity contribution >= 4 is 34.9 Å². The van der Waals surface area contributed by atoms with E-state index in [0.717, 1.165) is 4.88 Å². The summed E-state index contributed by atoms with van der Waals surface area (Å²) in [6.07, 6.45) is 0. The highest BCUT2D eigenvalue weighted by Gasteiger charge is 2.27. The number of nitrogens with zero attached hydrogens (tertiary/aromatic N) is 2. The van der Waals surface area contributed by atoms with Gasteiger partial charge in [0.05, 0.1) is 28.0 Å². The molecule has 1 atom stereocenters. The number of ether oxygens (including phenoxy) is 1. The van der Waals surface area contributed by atoms with Gasteiger partial charge in [0.25, 0.3) is 11.1 Å². The molecule has 0 amide bonds. The van der Waals surface area contributed by atoms with Crippen LogP contribution in [-0.4, -0.2) is 38.8 Å². The number of Topliss-reactive ketones (excluding diaryl/α,β-unsaturated/α-hetero) is 1. The highest BCUT2D eigenvalue weighted by atomic mass is 32.2. The minimum absolute atomic E-state index is 0.146. The lowest BCUT2D eigenvalue weighted by molar-refractivity contribution is 0.0525. The normalized spacial score (nSPS) is 12.1. The molecule has 1 N–H and O–H groups in total. The fraction of sp³-hybridized carbons (Fsp3) is 0.333. The van der Waals surface area contributed by atoms with E-state index in [1.807, 2.05) is 17.5 Å². The van der Waals surface area contributed by atoms with Gasteiger partial charge in [0.15, 0.2) is 5.78 Å². The average molecular weight is 406 g/mol. The van der Waals surface area contributed by atoms with Gasteiger partial charge < -0.3 is 14.1 Å². The van der Waals surface area contributed by atoms with E-state index < -0.39 is 11.2 Å². The third-order valence-electron chi connectivity index (χ3n) is 3.95. The third-order valence-corrected chi connectivity index (χ3v) is 5.74. The van der Waals surface area contributed by atoms with Crippen molar-refractivity contribution in [2.75, 3.05) is 6.61 Å². The molecule has 0 unspecified atom stereocenters. The van der Waals surface area contributed by atoms with Crippen molar-refractivity contribution in [3.8, 4) is 10.8 Å². The number of rotatable bonds is 7. The van der Waals surface area contributed by atoms with Crippen molar-refractivity contribution in [1.82, 2.24) is 15.2 Å². The second-order valence-electron chi connectivity index (χ2n) is 5.82. The Morgan fingerprint density at radius 1 is 1.37 bits per heavy atom. The summed E-state index contributed by atoms with van der Waals surface area (Å²) in [6, 6.07) is 3.80. The first-order valence-corrected chi connectivity index (χ1v) is 10.1. The lowest BCUT2D eigenvalue weighted by Crippen LogP contribution is -2.15. The van der Waals surface area contributed by atoms with Gasteiger partial charge in [0.2, 0.25) is 0 Å². The first kappa shape index (κ1) is 19.4.